The molecule has 1 heterocycles. The Morgan fingerprint density at radius 2 is 2.56 bits per heavy atom. The van der Waals surface area contributed by atoms with Crippen LogP contribution in [0.4, 0.5) is 0 Å². The highest BCUT2D eigenvalue weighted by molar-refractivity contribution is 4.78. The molecule has 0 bridgehead atoms. The standard InChI is InChI=1S/C6H14N2O/c1-7-6(9)5-3-2-4-8-5/h5-9H,2-4H2,1H3. The molecule has 0 aromatic carbocycles. The Balaban J connectivity index is 2.24. The van der Waals surface area contributed by atoms with Crippen LogP contribution in [0.25, 0.3) is 0 Å². The van der Waals surface area contributed by atoms with Gasteiger partial charge < -0.3 is 10.4 Å². The van der Waals surface area contributed by atoms with E-state index in [0.717, 1.165) is 13.0 Å². The second-order valence-corrected chi connectivity index (χ2v) is 2.44. The third kappa shape index (κ3) is 1.64. The van der Waals surface area contributed by atoms with Gasteiger partial charge in [-0.2, -0.15) is 0 Å². The van der Waals surface area contributed by atoms with Gasteiger partial charge in [-0.3, -0.25) is 5.32 Å². The Hall–Kier alpha value is -0.120. The number of hydrogen-bond donors (Lipinski definition) is 3. The summed E-state index contributed by atoms with van der Waals surface area (Å²) in [6, 6.07) is 0.273. The molecule has 1 rings (SSSR count). The van der Waals surface area contributed by atoms with E-state index in [4.69, 9.17) is 0 Å². The van der Waals surface area contributed by atoms with E-state index in [1.54, 1.807) is 7.05 Å². The van der Waals surface area contributed by atoms with E-state index in [0.29, 0.717) is 0 Å². The van der Waals surface area contributed by atoms with Crippen LogP contribution < -0.4 is 10.6 Å². The molecule has 1 aliphatic heterocycles. The third-order valence-corrected chi connectivity index (χ3v) is 1.78. The fraction of sp³-hybridized carbons (Fsp3) is 1.00. The van der Waals surface area contributed by atoms with E-state index in [1.165, 1.54) is 6.42 Å². The summed E-state index contributed by atoms with van der Waals surface area (Å²) in [6.45, 7) is 1.05. The van der Waals surface area contributed by atoms with Gasteiger partial charge in [0.05, 0.1) is 0 Å². The number of nitrogens with one attached hydrogen (secondary N) is 2. The first kappa shape index (κ1) is 6.99. The van der Waals surface area contributed by atoms with Gasteiger partial charge in [0.2, 0.25) is 0 Å². The first-order valence-electron chi connectivity index (χ1n) is 3.43. The molecule has 2 atom stereocenters. The van der Waals surface area contributed by atoms with Gasteiger partial charge in [0, 0.05) is 6.04 Å². The summed E-state index contributed by atoms with van der Waals surface area (Å²) in [5.74, 6) is 0. The van der Waals surface area contributed by atoms with E-state index in [2.05, 4.69) is 10.6 Å². The summed E-state index contributed by atoms with van der Waals surface area (Å²) in [5.41, 5.74) is 0. The predicted octanol–water partition coefficient (Wildman–Crippen LogP) is -0.724. The maximum atomic E-state index is 9.18. The molecule has 1 fully saturated rings. The molecule has 0 amide bonds. The Morgan fingerprint density at radius 1 is 1.78 bits per heavy atom. The minimum atomic E-state index is -0.368. The molecule has 3 nitrogen and oxygen atoms in total. The van der Waals surface area contributed by atoms with Crippen LogP contribution in [-0.2, 0) is 0 Å². The van der Waals surface area contributed by atoms with Crippen molar-refractivity contribution in [3.8, 4) is 0 Å². The molecule has 0 radical (unpaired) electrons. The molecular weight excluding hydrogens is 116 g/mol. The summed E-state index contributed by atoms with van der Waals surface area (Å²) in [7, 11) is 1.77. The molecule has 0 saturated carbocycles. The van der Waals surface area contributed by atoms with E-state index >= 15 is 0 Å². The highest BCUT2D eigenvalue weighted by Crippen LogP contribution is 2.06. The fourth-order valence-corrected chi connectivity index (χ4v) is 1.18. The van der Waals surface area contributed by atoms with Crippen LogP contribution in [0.1, 0.15) is 12.8 Å². The fourth-order valence-electron chi connectivity index (χ4n) is 1.18. The van der Waals surface area contributed by atoms with Gasteiger partial charge in [-0.25, -0.2) is 0 Å². The molecule has 1 aliphatic rings. The summed E-state index contributed by atoms with van der Waals surface area (Å²) < 4.78 is 0. The minimum Gasteiger partial charge on any atom is -0.377 e. The first-order chi connectivity index (χ1) is 4.34. The molecular formula is C6H14N2O. The first-order valence-corrected chi connectivity index (χ1v) is 3.43. The Morgan fingerprint density at radius 3 is 3.00 bits per heavy atom. The second-order valence-electron chi connectivity index (χ2n) is 2.44. The Bertz CT molecular complexity index is 81.1. The number of hydrogen-bond acceptors (Lipinski definition) is 3. The van der Waals surface area contributed by atoms with Crippen LogP contribution in [0.2, 0.25) is 0 Å². The molecule has 2 unspecified atom stereocenters. The summed E-state index contributed by atoms with van der Waals surface area (Å²) >= 11 is 0. The summed E-state index contributed by atoms with van der Waals surface area (Å²) in [4.78, 5) is 0. The van der Waals surface area contributed by atoms with Crippen molar-refractivity contribution in [3.63, 3.8) is 0 Å². The monoisotopic (exact) mass is 130 g/mol. The van der Waals surface area contributed by atoms with Gasteiger partial charge >= 0.3 is 0 Å². The second kappa shape index (κ2) is 3.15. The SMILES string of the molecule is CNC(O)C1CCCN1. The van der Waals surface area contributed by atoms with Crippen molar-refractivity contribution in [2.24, 2.45) is 0 Å². The van der Waals surface area contributed by atoms with Crippen LogP contribution in [0, 0.1) is 0 Å². The minimum absolute atomic E-state index is 0.273. The molecule has 0 aromatic heterocycles. The van der Waals surface area contributed by atoms with E-state index in [-0.39, 0.29) is 12.3 Å². The van der Waals surface area contributed by atoms with Crippen molar-refractivity contribution in [2.75, 3.05) is 13.6 Å². The average Bonchev–Trinajstić information content (AvgIpc) is 2.37. The maximum absolute atomic E-state index is 9.18. The number of aliphatic hydroxyl groups is 1. The van der Waals surface area contributed by atoms with Gasteiger partial charge in [0.25, 0.3) is 0 Å². The van der Waals surface area contributed by atoms with Crippen molar-refractivity contribution >= 4 is 0 Å². The zero-order valence-corrected chi connectivity index (χ0v) is 5.72. The van der Waals surface area contributed by atoms with Crippen molar-refractivity contribution < 1.29 is 5.11 Å². The Labute approximate surface area is 55.5 Å². The molecule has 1 saturated heterocycles. The van der Waals surface area contributed by atoms with Crippen LogP contribution >= 0.6 is 0 Å². The van der Waals surface area contributed by atoms with Crippen molar-refractivity contribution in [1.29, 1.82) is 0 Å². The van der Waals surface area contributed by atoms with Gasteiger partial charge in [0.1, 0.15) is 6.23 Å². The zero-order chi connectivity index (χ0) is 6.69. The quantitative estimate of drug-likeness (QED) is 0.432. The highest BCUT2D eigenvalue weighted by atomic mass is 16.3. The lowest BCUT2D eigenvalue weighted by molar-refractivity contribution is 0.110. The molecule has 0 aliphatic carbocycles. The molecule has 3 N–H and O–H groups in total. The normalized spacial score (nSPS) is 30.7. The van der Waals surface area contributed by atoms with Crippen LogP contribution in [0.15, 0.2) is 0 Å². The summed E-state index contributed by atoms with van der Waals surface area (Å²) in [6.07, 6.45) is 1.90. The molecule has 3 heteroatoms. The average molecular weight is 130 g/mol. The lowest BCUT2D eigenvalue weighted by Crippen LogP contribution is -2.42. The van der Waals surface area contributed by atoms with Gasteiger partial charge in [-0.1, -0.05) is 0 Å². The highest BCUT2D eigenvalue weighted by Gasteiger charge is 2.20. The van der Waals surface area contributed by atoms with Gasteiger partial charge in [-0.05, 0) is 26.4 Å². The predicted molar refractivity (Wildman–Crippen MR) is 36.1 cm³/mol. The lowest BCUT2D eigenvalue weighted by Gasteiger charge is -2.16. The number of aliphatic hydroxyl groups excluding tert-OH is 1. The largest absolute Gasteiger partial charge is 0.377 e. The molecule has 0 aromatic rings. The topological polar surface area (TPSA) is 44.3 Å². The van der Waals surface area contributed by atoms with Crippen LogP contribution in [-0.4, -0.2) is 31.0 Å². The van der Waals surface area contributed by atoms with E-state index in [1.807, 2.05) is 0 Å². The number of rotatable bonds is 2. The molecule has 54 valence electrons. The van der Waals surface area contributed by atoms with Crippen molar-refractivity contribution in [1.82, 2.24) is 10.6 Å². The van der Waals surface area contributed by atoms with Gasteiger partial charge in [-0.15, -0.1) is 0 Å². The van der Waals surface area contributed by atoms with Crippen LogP contribution in [0.3, 0.4) is 0 Å². The maximum Gasteiger partial charge on any atom is 0.120 e. The zero-order valence-electron chi connectivity index (χ0n) is 5.72. The number of likely N-dealkylation sites (N-methyl/N-ethyl adjacent to an activating group) is 1. The van der Waals surface area contributed by atoms with Crippen molar-refractivity contribution in [2.45, 2.75) is 25.1 Å². The van der Waals surface area contributed by atoms with Gasteiger partial charge in [0.15, 0.2) is 0 Å². The molecule has 9 heavy (non-hydrogen) atoms. The smallest absolute Gasteiger partial charge is 0.120 e. The Kier molecular flexibility index (Phi) is 2.45. The molecule has 0 spiro atoms. The summed E-state index contributed by atoms with van der Waals surface area (Å²) in [5, 5.41) is 15.2. The third-order valence-electron chi connectivity index (χ3n) is 1.78. The van der Waals surface area contributed by atoms with Crippen LogP contribution in [0.5, 0.6) is 0 Å². The van der Waals surface area contributed by atoms with Crippen molar-refractivity contribution in [3.05, 3.63) is 0 Å². The van der Waals surface area contributed by atoms with E-state index < -0.39 is 0 Å². The lowest BCUT2D eigenvalue weighted by atomic mass is 10.2. The van der Waals surface area contributed by atoms with E-state index in [9.17, 15) is 5.11 Å².